The van der Waals surface area contributed by atoms with E-state index in [2.05, 4.69) is 10.6 Å². The van der Waals surface area contributed by atoms with Crippen LogP contribution in [-0.4, -0.2) is 29.6 Å². The molecule has 5 heteroatoms. The first-order valence-electron chi connectivity index (χ1n) is 7.38. The number of carbonyl (C=O) groups is 2. The normalized spacial score (nSPS) is 23.3. The van der Waals surface area contributed by atoms with E-state index in [0.29, 0.717) is 0 Å². The Bertz CT molecular complexity index is 490. The Morgan fingerprint density at radius 1 is 1.38 bits per heavy atom. The van der Waals surface area contributed by atoms with E-state index in [1.807, 2.05) is 37.3 Å². The van der Waals surface area contributed by atoms with Crippen LogP contribution in [0.3, 0.4) is 0 Å². The zero-order valence-corrected chi connectivity index (χ0v) is 12.2. The summed E-state index contributed by atoms with van der Waals surface area (Å²) in [6.07, 6.45) is 1.97. The van der Waals surface area contributed by atoms with Crippen molar-refractivity contribution in [2.24, 2.45) is 5.92 Å². The molecule has 1 aliphatic heterocycles. The Hall–Kier alpha value is -1.88. The molecule has 3 atom stereocenters. The van der Waals surface area contributed by atoms with Gasteiger partial charge >= 0.3 is 5.97 Å². The van der Waals surface area contributed by atoms with Gasteiger partial charge in [-0.25, -0.2) is 0 Å². The van der Waals surface area contributed by atoms with E-state index in [1.54, 1.807) is 0 Å². The molecule has 0 aliphatic carbocycles. The molecule has 21 heavy (non-hydrogen) atoms. The summed E-state index contributed by atoms with van der Waals surface area (Å²) in [6, 6.07) is 8.51. The van der Waals surface area contributed by atoms with E-state index in [4.69, 9.17) is 5.11 Å². The van der Waals surface area contributed by atoms with Crippen molar-refractivity contribution in [3.63, 3.8) is 0 Å². The lowest BCUT2D eigenvalue weighted by molar-refractivity contribution is -0.137. The van der Waals surface area contributed by atoms with Crippen molar-refractivity contribution >= 4 is 11.9 Å². The van der Waals surface area contributed by atoms with Gasteiger partial charge in [-0.05, 0) is 30.9 Å². The molecule has 0 saturated carbocycles. The van der Waals surface area contributed by atoms with E-state index in [1.165, 1.54) is 0 Å². The number of carbonyl (C=O) groups excluding carboxylic acids is 1. The molecular formula is C16H22N2O3. The molecular weight excluding hydrogens is 268 g/mol. The highest BCUT2D eigenvalue weighted by atomic mass is 16.4. The van der Waals surface area contributed by atoms with Gasteiger partial charge < -0.3 is 15.7 Å². The number of carboxylic acids is 1. The monoisotopic (exact) mass is 290 g/mol. The number of carboxylic acid groups (broad SMARTS) is 1. The number of rotatable bonds is 5. The molecule has 2 rings (SSSR count). The van der Waals surface area contributed by atoms with Crippen LogP contribution in [0.15, 0.2) is 30.3 Å². The summed E-state index contributed by atoms with van der Waals surface area (Å²) >= 11 is 0. The lowest BCUT2D eigenvalue weighted by atomic mass is 9.91. The highest BCUT2D eigenvalue weighted by Crippen LogP contribution is 2.20. The van der Waals surface area contributed by atoms with Crippen LogP contribution in [0.2, 0.25) is 0 Å². The maximum absolute atomic E-state index is 12.4. The average Bonchev–Trinajstić information content (AvgIpc) is 2.47. The Balaban J connectivity index is 2.07. The minimum absolute atomic E-state index is 0.114. The van der Waals surface area contributed by atoms with Gasteiger partial charge in [0, 0.05) is 0 Å². The summed E-state index contributed by atoms with van der Waals surface area (Å²) in [4.78, 5) is 23.4. The molecule has 0 spiro atoms. The highest BCUT2D eigenvalue weighted by Gasteiger charge is 2.29. The molecule has 1 heterocycles. The molecule has 0 bridgehead atoms. The summed E-state index contributed by atoms with van der Waals surface area (Å²) in [5.41, 5.74) is 0.816. The molecule has 114 valence electrons. The molecule has 0 aromatic heterocycles. The zero-order chi connectivity index (χ0) is 15.2. The summed E-state index contributed by atoms with van der Waals surface area (Å²) in [5.74, 6) is -0.772. The van der Waals surface area contributed by atoms with Crippen LogP contribution in [0.5, 0.6) is 0 Å². The van der Waals surface area contributed by atoms with Gasteiger partial charge in [0.1, 0.15) is 0 Å². The van der Waals surface area contributed by atoms with Gasteiger partial charge in [-0.1, -0.05) is 37.3 Å². The van der Waals surface area contributed by atoms with Crippen molar-refractivity contribution in [2.75, 3.05) is 6.54 Å². The molecule has 3 N–H and O–H groups in total. The maximum atomic E-state index is 12.4. The first-order chi connectivity index (χ1) is 10.1. The van der Waals surface area contributed by atoms with E-state index in [9.17, 15) is 9.59 Å². The van der Waals surface area contributed by atoms with E-state index >= 15 is 0 Å². The largest absolute Gasteiger partial charge is 0.481 e. The van der Waals surface area contributed by atoms with Crippen molar-refractivity contribution in [2.45, 2.75) is 38.3 Å². The third kappa shape index (κ3) is 4.29. The standard InChI is InChI=1S/C16H22N2O3/c1-11-6-5-9-17-15(11)16(21)18-13(10-14(19)20)12-7-3-2-4-8-12/h2-4,7-8,11,13,15,17H,5-6,9-10H2,1H3,(H,18,21)(H,19,20). The zero-order valence-electron chi connectivity index (χ0n) is 12.2. The molecule has 3 unspecified atom stereocenters. The Labute approximate surface area is 124 Å². The SMILES string of the molecule is CC1CCCNC1C(=O)NC(CC(=O)O)c1ccccc1. The van der Waals surface area contributed by atoms with Crippen LogP contribution < -0.4 is 10.6 Å². The number of aliphatic carboxylic acids is 1. The van der Waals surface area contributed by atoms with Crippen molar-refractivity contribution < 1.29 is 14.7 Å². The fourth-order valence-electron chi connectivity index (χ4n) is 2.77. The maximum Gasteiger partial charge on any atom is 0.305 e. The van der Waals surface area contributed by atoms with Crippen LogP contribution in [0.1, 0.15) is 37.8 Å². The summed E-state index contributed by atoms with van der Waals surface area (Å²) in [6.45, 7) is 2.88. The van der Waals surface area contributed by atoms with Crippen molar-refractivity contribution in [3.05, 3.63) is 35.9 Å². The van der Waals surface area contributed by atoms with Gasteiger partial charge in [0.05, 0.1) is 18.5 Å². The van der Waals surface area contributed by atoms with Crippen molar-refractivity contribution in [1.82, 2.24) is 10.6 Å². The molecule has 1 amide bonds. The lowest BCUT2D eigenvalue weighted by Gasteiger charge is -2.30. The summed E-state index contributed by atoms with van der Waals surface area (Å²) in [5, 5.41) is 15.2. The Morgan fingerprint density at radius 3 is 2.71 bits per heavy atom. The number of hydrogen-bond donors (Lipinski definition) is 3. The third-order valence-electron chi connectivity index (χ3n) is 3.95. The van der Waals surface area contributed by atoms with Gasteiger partial charge in [-0.15, -0.1) is 0 Å². The fraction of sp³-hybridized carbons (Fsp3) is 0.500. The van der Waals surface area contributed by atoms with Gasteiger partial charge in [0.25, 0.3) is 0 Å². The summed E-state index contributed by atoms with van der Waals surface area (Å²) in [7, 11) is 0. The van der Waals surface area contributed by atoms with Crippen molar-refractivity contribution in [1.29, 1.82) is 0 Å². The second-order valence-electron chi connectivity index (χ2n) is 5.62. The van der Waals surface area contributed by atoms with Crippen LogP contribution in [0.25, 0.3) is 0 Å². The van der Waals surface area contributed by atoms with Crippen LogP contribution >= 0.6 is 0 Å². The topological polar surface area (TPSA) is 78.4 Å². The number of benzene rings is 1. The lowest BCUT2D eigenvalue weighted by Crippen LogP contribution is -2.51. The summed E-state index contributed by atoms with van der Waals surface area (Å²) < 4.78 is 0. The molecule has 1 fully saturated rings. The van der Waals surface area contributed by atoms with Gasteiger partial charge in [-0.3, -0.25) is 9.59 Å². The predicted molar refractivity (Wildman–Crippen MR) is 79.8 cm³/mol. The first kappa shape index (κ1) is 15.5. The van der Waals surface area contributed by atoms with E-state index in [0.717, 1.165) is 24.9 Å². The van der Waals surface area contributed by atoms with Crippen LogP contribution in [0.4, 0.5) is 0 Å². The number of nitrogens with one attached hydrogen (secondary N) is 2. The molecule has 1 aromatic rings. The fourth-order valence-corrected chi connectivity index (χ4v) is 2.77. The molecule has 1 aliphatic rings. The third-order valence-corrected chi connectivity index (χ3v) is 3.95. The molecule has 1 saturated heterocycles. The van der Waals surface area contributed by atoms with Crippen LogP contribution in [0, 0.1) is 5.92 Å². The van der Waals surface area contributed by atoms with E-state index in [-0.39, 0.29) is 24.3 Å². The Morgan fingerprint density at radius 2 is 2.10 bits per heavy atom. The number of piperidine rings is 1. The quantitative estimate of drug-likeness (QED) is 0.771. The second kappa shape index (κ2) is 7.22. The Kier molecular flexibility index (Phi) is 5.33. The average molecular weight is 290 g/mol. The van der Waals surface area contributed by atoms with Crippen LogP contribution in [-0.2, 0) is 9.59 Å². The minimum atomic E-state index is -0.922. The van der Waals surface area contributed by atoms with Crippen molar-refractivity contribution in [3.8, 4) is 0 Å². The first-order valence-corrected chi connectivity index (χ1v) is 7.38. The number of hydrogen-bond acceptors (Lipinski definition) is 3. The molecule has 5 nitrogen and oxygen atoms in total. The predicted octanol–water partition coefficient (Wildman–Crippen LogP) is 1.71. The molecule has 0 radical (unpaired) electrons. The van der Waals surface area contributed by atoms with E-state index < -0.39 is 12.0 Å². The number of amides is 1. The van der Waals surface area contributed by atoms with Gasteiger partial charge in [0.15, 0.2) is 0 Å². The smallest absolute Gasteiger partial charge is 0.305 e. The highest BCUT2D eigenvalue weighted by molar-refractivity contribution is 5.83. The van der Waals surface area contributed by atoms with Gasteiger partial charge in [-0.2, -0.15) is 0 Å². The minimum Gasteiger partial charge on any atom is -0.481 e. The van der Waals surface area contributed by atoms with Gasteiger partial charge in [0.2, 0.25) is 5.91 Å². The molecule has 1 aromatic carbocycles. The second-order valence-corrected chi connectivity index (χ2v) is 5.62.